The summed E-state index contributed by atoms with van der Waals surface area (Å²) in [6.45, 7) is 3.74. The van der Waals surface area contributed by atoms with Crippen molar-refractivity contribution in [1.29, 1.82) is 0 Å². The van der Waals surface area contributed by atoms with E-state index in [1.54, 1.807) is 13.2 Å². The second-order valence-electron chi connectivity index (χ2n) is 2.39. The first-order valence-corrected chi connectivity index (χ1v) is 3.49. The third-order valence-electron chi connectivity index (χ3n) is 1.49. The highest BCUT2D eigenvalue weighted by Crippen LogP contribution is 2.15. The lowest BCUT2D eigenvalue weighted by atomic mass is 10.2. The van der Waals surface area contributed by atoms with Crippen molar-refractivity contribution in [2.75, 3.05) is 0 Å². The van der Waals surface area contributed by atoms with Crippen LogP contribution in [0.3, 0.4) is 0 Å². The molecule has 0 fully saturated rings. The average Bonchev–Trinajstić information content (AvgIpc) is 2.34. The van der Waals surface area contributed by atoms with Crippen LogP contribution in [0, 0.1) is 0 Å². The molecule has 2 heteroatoms. The van der Waals surface area contributed by atoms with Gasteiger partial charge in [-0.05, 0) is 25.0 Å². The van der Waals surface area contributed by atoms with E-state index < -0.39 is 6.10 Å². The molecule has 1 N–H and O–H groups in total. The van der Waals surface area contributed by atoms with Crippen LogP contribution in [-0.2, 0) is 6.42 Å². The largest absolute Gasteiger partial charge is 0.466 e. The van der Waals surface area contributed by atoms with Crippen LogP contribution in [0.2, 0.25) is 0 Å². The van der Waals surface area contributed by atoms with E-state index in [2.05, 4.69) is 6.92 Å². The molecule has 0 radical (unpaired) electrons. The number of furan rings is 1. The molecular weight excluding hydrogens is 128 g/mol. The van der Waals surface area contributed by atoms with Crippen molar-refractivity contribution in [2.24, 2.45) is 0 Å². The first-order chi connectivity index (χ1) is 4.74. The lowest BCUT2D eigenvalue weighted by molar-refractivity contribution is 0.169. The summed E-state index contributed by atoms with van der Waals surface area (Å²) in [7, 11) is 0. The van der Waals surface area contributed by atoms with Crippen molar-refractivity contribution < 1.29 is 9.52 Å². The molecule has 2 nitrogen and oxygen atoms in total. The maximum absolute atomic E-state index is 9.04. The third kappa shape index (κ3) is 1.39. The highest BCUT2D eigenvalue weighted by molar-refractivity contribution is 5.13. The second-order valence-corrected chi connectivity index (χ2v) is 2.39. The van der Waals surface area contributed by atoms with Crippen molar-refractivity contribution in [3.05, 3.63) is 23.7 Å². The molecule has 0 aliphatic carbocycles. The van der Waals surface area contributed by atoms with E-state index in [9.17, 15) is 0 Å². The quantitative estimate of drug-likeness (QED) is 0.680. The standard InChI is InChI=1S/C8H12O2/c1-3-7-4-8(6(2)9)10-5-7/h4-6,9H,3H2,1-2H3. The summed E-state index contributed by atoms with van der Waals surface area (Å²) in [6, 6.07) is 1.88. The van der Waals surface area contributed by atoms with E-state index in [1.807, 2.05) is 6.07 Å². The van der Waals surface area contributed by atoms with Gasteiger partial charge in [0.1, 0.15) is 11.9 Å². The molecule has 0 aliphatic heterocycles. The van der Waals surface area contributed by atoms with Crippen LogP contribution in [0.4, 0.5) is 0 Å². The smallest absolute Gasteiger partial charge is 0.132 e. The van der Waals surface area contributed by atoms with Gasteiger partial charge in [0.2, 0.25) is 0 Å². The number of hydrogen-bond donors (Lipinski definition) is 1. The maximum Gasteiger partial charge on any atom is 0.132 e. The number of aryl methyl sites for hydroxylation is 1. The lowest BCUT2D eigenvalue weighted by Crippen LogP contribution is -1.85. The first-order valence-electron chi connectivity index (χ1n) is 3.49. The van der Waals surface area contributed by atoms with Crippen molar-refractivity contribution in [1.82, 2.24) is 0 Å². The van der Waals surface area contributed by atoms with Gasteiger partial charge in [0, 0.05) is 0 Å². The fourth-order valence-corrected chi connectivity index (χ4v) is 0.799. The van der Waals surface area contributed by atoms with Crippen molar-refractivity contribution in [3.63, 3.8) is 0 Å². The topological polar surface area (TPSA) is 33.4 Å². The number of hydrogen-bond acceptors (Lipinski definition) is 2. The van der Waals surface area contributed by atoms with Gasteiger partial charge in [-0.25, -0.2) is 0 Å². The summed E-state index contributed by atoms with van der Waals surface area (Å²) < 4.78 is 5.07. The molecule has 0 saturated heterocycles. The van der Waals surface area contributed by atoms with Crippen LogP contribution in [0.5, 0.6) is 0 Å². The number of rotatable bonds is 2. The molecule has 1 aromatic heterocycles. The van der Waals surface area contributed by atoms with E-state index >= 15 is 0 Å². The summed E-state index contributed by atoms with van der Waals surface area (Å²) in [5.74, 6) is 0.650. The predicted octanol–water partition coefficient (Wildman–Crippen LogP) is 1.90. The molecule has 1 atom stereocenters. The summed E-state index contributed by atoms with van der Waals surface area (Å²) in [6.07, 6.45) is 2.15. The minimum Gasteiger partial charge on any atom is -0.466 e. The van der Waals surface area contributed by atoms with E-state index in [4.69, 9.17) is 9.52 Å². The highest BCUT2D eigenvalue weighted by Gasteiger charge is 2.04. The average molecular weight is 140 g/mol. The van der Waals surface area contributed by atoms with Gasteiger partial charge in [0.05, 0.1) is 6.26 Å². The molecule has 1 rings (SSSR count). The summed E-state index contributed by atoms with van der Waals surface area (Å²) in [5.41, 5.74) is 1.14. The van der Waals surface area contributed by atoms with Crippen LogP contribution in [0.1, 0.15) is 31.3 Å². The molecule has 1 unspecified atom stereocenters. The predicted molar refractivity (Wildman–Crippen MR) is 38.7 cm³/mol. The van der Waals surface area contributed by atoms with Gasteiger partial charge in [0.25, 0.3) is 0 Å². The normalized spacial score (nSPS) is 13.5. The molecule has 56 valence electrons. The van der Waals surface area contributed by atoms with E-state index in [-0.39, 0.29) is 0 Å². The summed E-state index contributed by atoms with van der Waals surface area (Å²) in [4.78, 5) is 0. The van der Waals surface area contributed by atoms with E-state index in [1.165, 1.54) is 0 Å². The molecule has 10 heavy (non-hydrogen) atoms. The van der Waals surface area contributed by atoms with Gasteiger partial charge in [-0.1, -0.05) is 6.92 Å². The summed E-state index contributed by atoms with van der Waals surface area (Å²) in [5, 5.41) is 9.04. The third-order valence-corrected chi connectivity index (χ3v) is 1.49. The molecule has 0 aliphatic rings. The van der Waals surface area contributed by atoms with Crippen LogP contribution in [-0.4, -0.2) is 5.11 Å². The van der Waals surface area contributed by atoms with Crippen molar-refractivity contribution in [3.8, 4) is 0 Å². The van der Waals surface area contributed by atoms with Crippen LogP contribution in [0.15, 0.2) is 16.7 Å². The van der Waals surface area contributed by atoms with Crippen LogP contribution in [0.25, 0.3) is 0 Å². The molecule has 1 heterocycles. The Morgan fingerprint density at radius 3 is 2.70 bits per heavy atom. The Balaban J connectivity index is 2.78. The molecule has 0 bridgehead atoms. The van der Waals surface area contributed by atoms with Gasteiger partial charge in [-0.15, -0.1) is 0 Å². The number of aliphatic hydroxyl groups is 1. The second kappa shape index (κ2) is 2.88. The zero-order valence-corrected chi connectivity index (χ0v) is 6.29. The Morgan fingerprint density at radius 2 is 2.40 bits per heavy atom. The molecule has 0 saturated carbocycles. The van der Waals surface area contributed by atoms with Gasteiger partial charge in [-0.2, -0.15) is 0 Å². The fourth-order valence-electron chi connectivity index (χ4n) is 0.799. The van der Waals surface area contributed by atoms with Crippen molar-refractivity contribution in [2.45, 2.75) is 26.4 Å². The van der Waals surface area contributed by atoms with Gasteiger partial charge in [0.15, 0.2) is 0 Å². The van der Waals surface area contributed by atoms with Gasteiger partial charge < -0.3 is 9.52 Å². The Morgan fingerprint density at radius 1 is 1.70 bits per heavy atom. The molecule has 0 aromatic carbocycles. The lowest BCUT2D eigenvalue weighted by Gasteiger charge is -1.94. The van der Waals surface area contributed by atoms with Crippen LogP contribution < -0.4 is 0 Å². The minimum atomic E-state index is -0.486. The van der Waals surface area contributed by atoms with E-state index in [0.717, 1.165) is 12.0 Å². The van der Waals surface area contributed by atoms with Gasteiger partial charge in [-0.3, -0.25) is 0 Å². The maximum atomic E-state index is 9.04. The SMILES string of the molecule is CCc1coc(C(C)O)c1. The molecule has 1 aromatic rings. The zero-order chi connectivity index (χ0) is 7.56. The Kier molecular flexibility index (Phi) is 2.12. The summed E-state index contributed by atoms with van der Waals surface area (Å²) >= 11 is 0. The van der Waals surface area contributed by atoms with E-state index in [0.29, 0.717) is 5.76 Å². The first kappa shape index (κ1) is 7.35. The molecule has 0 amide bonds. The molecule has 0 spiro atoms. The minimum absolute atomic E-state index is 0.486. The van der Waals surface area contributed by atoms with Gasteiger partial charge >= 0.3 is 0 Å². The Labute approximate surface area is 60.5 Å². The molecular formula is C8H12O2. The monoisotopic (exact) mass is 140 g/mol. The Hall–Kier alpha value is -0.760. The fraction of sp³-hybridized carbons (Fsp3) is 0.500. The van der Waals surface area contributed by atoms with Crippen molar-refractivity contribution >= 4 is 0 Å². The Bertz CT molecular complexity index is 201. The van der Waals surface area contributed by atoms with Crippen LogP contribution >= 0.6 is 0 Å². The number of aliphatic hydroxyl groups excluding tert-OH is 1. The zero-order valence-electron chi connectivity index (χ0n) is 6.29. The highest BCUT2D eigenvalue weighted by atomic mass is 16.4.